The van der Waals surface area contributed by atoms with Crippen LogP contribution in [0, 0.1) is 26.2 Å². The Morgan fingerprint density at radius 3 is 2.38 bits per heavy atom. The summed E-state index contributed by atoms with van der Waals surface area (Å²) in [4.78, 5) is 26.8. The topological polar surface area (TPSA) is 189 Å². The van der Waals surface area contributed by atoms with E-state index < -0.39 is 27.9 Å². The van der Waals surface area contributed by atoms with Crippen molar-refractivity contribution in [1.29, 1.82) is 5.41 Å². The smallest absolute Gasteiger partial charge is 0.326 e. The van der Waals surface area contributed by atoms with Crippen LogP contribution in [-0.2, 0) is 19.6 Å². The summed E-state index contributed by atoms with van der Waals surface area (Å²) in [6, 6.07) is 12.7. The molecule has 0 saturated carbocycles. The molecule has 11 nitrogen and oxygen atoms in total. The molecule has 0 aliphatic heterocycles. The van der Waals surface area contributed by atoms with Crippen LogP contribution in [0.3, 0.4) is 0 Å². The van der Waals surface area contributed by atoms with Gasteiger partial charge in [-0.05, 0) is 50.1 Å². The maximum atomic E-state index is 13.3. The summed E-state index contributed by atoms with van der Waals surface area (Å²) in [6.45, 7) is 4.83. The fraction of sp³-hybridized carbons (Fsp3) is 0.269. The van der Waals surface area contributed by atoms with Gasteiger partial charge in [-0.1, -0.05) is 35.9 Å². The van der Waals surface area contributed by atoms with Crippen LogP contribution in [0.1, 0.15) is 26.4 Å². The van der Waals surface area contributed by atoms with Crippen LogP contribution in [0.4, 0.5) is 5.69 Å². The van der Waals surface area contributed by atoms with E-state index in [0.717, 1.165) is 16.0 Å². The Labute approximate surface area is 231 Å². The van der Waals surface area contributed by atoms with Gasteiger partial charge in [0.2, 0.25) is 10.0 Å². The molecule has 3 rings (SSSR count). The highest BCUT2D eigenvalue weighted by Crippen LogP contribution is 2.33. The number of nitrogens with one attached hydrogen (secondary N) is 4. The Morgan fingerprint density at radius 2 is 1.74 bits per heavy atom. The van der Waals surface area contributed by atoms with E-state index >= 15 is 0 Å². The van der Waals surface area contributed by atoms with Crippen LogP contribution in [0.2, 0.25) is 0 Å². The molecule has 208 valence electrons. The molecule has 39 heavy (non-hydrogen) atoms. The second-order valence-corrected chi connectivity index (χ2v) is 11.6. The first-order valence-corrected chi connectivity index (χ1v) is 14.3. The molecule has 0 aliphatic carbocycles. The zero-order valence-electron chi connectivity index (χ0n) is 21.8. The lowest BCUT2D eigenvalue weighted by atomic mass is 10.1. The maximum Gasteiger partial charge on any atom is 0.326 e. The molecule has 13 heteroatoms. The number of hydrogen-bond acceptors (Lipinski definition) is 8. The summed E-state index contributed by atoms with van der Waals surface area (Å²) in [7, 11) is -4.13. The third-order valence-corrected chi connectivity index (χ3v) is 8.47. The molecule has 1 atom stereocenters. The van der Waals surface area contributed by atoms with Gasteiger partial charge in [-0.15, -0.1) is 11.3 Å². The number of para-hydroxylation sites is 1. The third kappa shape index (κ3) is 7.63. The highest BCUT2D eigenvalue weighted by molar-refractivity contribution is 7.89. The number of anilines is 1. The first kappa shape index (κ1) is 29.8. The predicted octanol–water partition coefficient (Wildman–Crippen LogP) is 2.22. The van der Waals surface area contributed by atoms with Crippen LogP contribution in [0.15, 0.2) is 53.4 Å². The van der Waals surface area contributed by atoms with Gasteiger partial charge in [-0.25, -0.2) is 8.42 Å². The van der Waals surface area contributed by atoms with Crippen molar-refractivity contribution in [3.63, 3.8) is 0 Å². The van der Waals surface area contributed by atoms with Crippen molar-refractivity contribution in [2.45, 2.75) is 31.7 Å². The molecule has 2 aromatic carbocycles. The molecular weight excluding hydrogens is 540 g/mol. The van der Waals surface area contributed by atoms with Gasteiger partial charge in [-0.2, -0.15) is 4.72 Å². The van der Waals surface area contributed by atoms with Gasteiger partial charge in [0.15, 0.2) is 5.96 Å². The number of thiophene rings is 1. The van der Waals surface area contributed by atoms with Crippen molar-refractivity contribution in [1.82, 2.24) is 10.0 Å². The molecule has 8 N–H and O–H groups in total. The first-order valence-electron chi connectivity index (χ1n) is 12.0. The summed E-state index contributed by atoms with van der Waals surface area (Å²) in [5.74, 6) is -1.58. The number of amides is 1. The molecule has 0 fully saturated rings. The van der Waals surface area contributed by atoms with E-state index in [0.29, 0.717) is 21.7 Å². The van der Waals surface area contributed by atoms with E-state index in [1.54, 1.807) is 50.2 Å². The standard InChI is InChI=1S/C26H32N6O5S2/c1-15-12-16(2)23(17(3)13-15)39(35,36)32-20(25(34)37-11-10-27)14-30-24(33)22-9-8-21(38-22)18-6-4-5-7-19(18)31-26(28)29/h4-9,12-13,20,32H,10-11,14,27H2,1-3H3,(H,30,33)(H4,28,29,31). The lowest BCUT2D eigenvalue weighted by Crippen LogP contribution is -2.49. The fourth-order valence-electron chi connectivity index (χ4n) is 4.11. The van der Waals surface area contributed by atoms with Crippen LogP contribution >= 0.6 is 11.3 Å². The molecule has 0 aliphatic rings. The Kier molecular flexibility index (Phi) is 9.81. The molecule has 1 heterocycles. The first-order chi connectivity index (χ1) is 18.4. The minimum absolute atomic E-state index is 0.0612. The van der Waals surface area contributed by atoms with Crippen LogP contribution in [-0.4, -0.2) is 52.0 Å². The lowest BCUT2D eigenvalue weighted by molar-refractivity contribution is -0.145. The number of rotatable bonds is 11. The van der Waals surface area contributed by atoms with E-state index in [-0.39, 0.29) is 30.6 Å². The largest absolute Gasteiger partial charge is 0.463 e. The Hall–Kier alpha value is -3.78. The Balaban J connectivity index is 1.80. The Bertz CT molecular complexity index is 1460. The quantitative estimate of drug-likeness (QED) is 0.114. The number of hydrogen-bond donors (Lipinski definition) is 6. The van der Waals surface area contributed by atoms with E-state index in [2.05, 4.69) is 15.4 Å². The number of carbonyl (C=O) groups is 2. The zero-order valence-corrected chi connectivity index (χ0v) is 23.5. The number of nitrogens with two attached hydrogens (primary N) is 2. The highest BCUT2D eigenvalue weighted by Gasteiger charge is 2.30. The molecular formula is C26H32N6O5S2. The van der Waals surface area contributed by atoms with Crippen molar-refractivity contribution in [2.24, 2.45) is 11.5 Å². The SMILES string of the molecule is Cc1cc(C)c(S(=O)(=O)NC(CNC(=O)c2ccc(-c3ccccc3NC(=N)N)s2)C(=O)OCCN)c(C)c1. The second kappa shape index (κ2) is 12.8. The molecule has 1 unspecified atom stereocenters. The summed E-state index contributed by atoms with van der Waals surface area (Å²) in [6.07, 6.45) is 0. The molecule has 3 aromatic rings. The summed E-state index contributed by atoms with van der Waals surface area (Å²) < 4.78 is 34.0. The molecule has 1 aromatic heterocycles. The summed E-state index contributed by atoms with van der Waals surface area (Å²) in [5, 5.41) is 12.9. The minimum Gasteiger partial charge on any atom is -0.463 e. The number of ether oxygens (including phenoxy) is 1. The van der Waals surface area contributed by atoms with Gasteiger partial charge in [0.25, 0.3) is 5.91 Å². The summed E-state index contributed by atoms with van der Waals surface area (Å²) >= 11 is 1.19. The number of guanidine groups is 1. The van der Waals surface area contributed by atoms with Crippen molar-refractivity contribution in [3.8, 4) is 10.4 Å². The lowest BCUT2D eigenvalue weighted by Gasteiger charge is -2.20. The van der Waals surface area contributed by atoms with Crippen molar-refractivity contribution < 1.29 is 22.7 Å². The van der Waals surface area contributed by atoms with Gasteiger partial charge in [0.05, 0.1) is 9.77 Å². The van der Waals surface area contributed by atoms with Gasteiger partial charge in [-0.3, -0.25) is 15.0 Å². The predicted molar refractivity (Wildman–Crippen MR) is 152 cm³/mol. The van der Waals surface area contributed by atoms with Gasteiger partial charge in [0, 0.05) is 29.2 Å². The number of sulfonamides is 1. The molecule has 0 radical (unpaired) electrons. The van der Waals surface area contributed by atoms with Crippen LogP contribution < -0.4 is 26.8 Å². The van der Waals surface area contributed by atoms with Gasteiger partial charge < -0.3 is 26.8 Å². The number of benzene rings is 2. The van der Waals surface area contributed by atoms with Crippen molar-refractivity contribution in [2.75, 3.05) is 25.0 Å². The molecule has 0 saturated heterocycles. The highest BCUT2D eigenvalue weighted by atomic mass is 32.2. The van der Waals surface area contributed by atoms with E-state index in [1.807, 2.05) is 19.1 Å². The number of carbonyl (C=O) groups excluding carboxylic acids is 2. The average Bonchev–Trinajstić information content (AvgIpc) is 3.34. The van der Waals surface area contributed by atoms with Crippen LogP contribution in [0.5, 0.6) is 0 Å². The van der Waals surface area contributed by atoms with E-state index in [4.69, 9.17) is 21.6 Å². The normalized spacial score (nSPS) is 12.0. The van der Waals surface area contributed by atoms with Crippen LogP contribution in [0.25, 0.3) is 10.4 Å². The molecule has 1 amide bonds. The second-order valence-electron chi connectivity index (χ2n) is 8.82. The maximum absolute atomic E-state index is 13.3. The zero-order chi connectivity index (χ0) is 28.7. The molecule has 0 bridgehead atoms. The fourth-order valence-corrected chi connectivity index (χ4v) is 6.71. The number of esters is 1. The molecule has 0 spiro atoms. The van der Waals surface area contributed by atoms with E-state index in [9.17, 15) is 18.0 Å². The minimum atomic E-state index is -4.13. The van der Waals surface area contributed by atoms with Gasteiger partial charge >= 0.3 is 5.97 Å². The van der Waals surface area contributed by atoms with E-state index in [1.165, 1.54) is 11.3 Å². The summed E-state index contributed by atoms with van der Waals surface area (Å²) in [5.41, 5.74) is 14.2. The third-order valence-electron chi connectivity index (χ3n) is 5.58. The van der Waals surface area contributed by atoms with Gasteiger partial charge in [0.1, 0.15) is 12.6 Å². The van der Waals surface area contributed by atoms with Crippen molar-refractivity contribution in [3.05, 3.63) is 70.1 Å². The Morgan fingerprint density at radius 1 is 1.08 bits per heavy atom. The number of aryl methyl sites for hydroxylation is 3. The monoisotopic (exact) mass is 572 g/mol. The average molecular weight is 573 g/mol. The van der Waals surface area contributed by atoms with Crippen molar-refractivity contribution >= 4 is 44.9 Å².